The maximum Gasteiger partial charge on any atom is 0.344 e. The molecule has 28 heavy (non-hydrogen) atoms. The number of aromatic nitrogens is 3. The fourth-order valence-corrected chi connectivity index (χ4v) is 2.88. The van der Waals surface area contributed by atoms with Gasteiger partial charge >= 0.3 is 5.97 Å². The van der Waals surface area contributed by atoms with Crippen LogP contribution in [0.4, 0.5) is 0 Å². The molecule has 140 valence electrons. The molecule has 0 atom stereocenters. The van der Waals surface area contributed by atoms with Gasteiger partial charge < -0.3 is 13.7 Å². The third-order valence-electron chi connectivity index (χ3n) is 4.01. The predicted octanol–water partition coefficient (Wildman–Crippen LogP) is 4.71. The lowest BCUT2D eigenvalue weighted by atomic mass is 10.1. The lowest BCUT2D eigenvalue weighted by Crippen LogP contribution is -2.07. The molecule has 4 aromatic rings. The summed E-state index contributed by atoms with van der Waals surface area (Å²) >= 11 is 6.13. The molecule has 0 saturated carbocycles. The van der Waals surface area contributed by atoms with Crippen LogP contribution >= 0.6 is 11.6 Å². The molecular weight excluding hydrogens is 382 g/mol. The van der Waals surface area contributed by atoms with E-state index in [0.717, 1.165) is 5.56 Å². The van der Waals surface area contributed by atoms with Crippen LogP contribution in [-0.2, 0) is 11.3 Å². The van der Waals surface area contributed by atoms with Gasteiger partial charge in [-0.1, -0.05) is 59.2 Å². The molecule has 2 aromatic carbocycles. The van der Waals surface area contributed by atoms with Gasteiger partial charge in [0.15, 0.2) is 6.61 Å². The summed E-state index contributed by atoms with van der Waals surface area (Å²) in [5.74, 6) is 0.183. The number of hydrogen-bond donors (Lipinski definition) is 0. The van der Waals surface area contributed by atoms with Gasteiger partial charge in [0.1, 0.15) is 17.0 Å². The maximum absolute atomic E-state index is 12.6. The highest BCUT2D eigenvalue weighted by atomic mass is 35.5. The number of nitrogens with zero attached hydrogens (tertiary/aromatic N) is 3. The Hall–Kier alpha value is -3.45. The second kappa shape index (κ2) is 7.66. The lowest BCUT2D eigenvalue weighted by Gasteiger charge is -2.03. The molecule has 0 N–H and O–H groups in total. The number of benzene rings is 2. The van der Waals surface area contributed by atoms with Crippen molar-refractivity contribution in [3.05, 3.63) is 76.8 Å². The van der Waals surface area contributed by atoms with Gasteiger partial charge in [-0.3, -0.25) is 0 Å². The van der Waals surface area contributed by atoms with E-state index in [2.05, 4.69) is 15.4 Å². The monoisotopic (exact) mass is 395 g/mol. The normalized spacial score (nSPS) is 10.8. The molecule has 0 bridgehead atoms. The molecular formula is C20H14ClN3O4. The smallest absolute Gasteiger partial charge is 0.344 e. The fourth-order valence-electron chi connectivity index (χ4n) is 2.66. The summed E-state index contributed by atoms with van der Waals surface area (Å²) in [5.41, 5.74) is 2.04. The lowest BCUT2D eigenvalue weighted by molar-refractivity contribution is 0.0437. The van der Waals surface area contributed by atoms with Crippen molar-refractivity contribution in [2.24, 2.45) is 0 Å². The molecule has 0 saturated heterocycles. The number of ether oxygens (including phenoxy) is 1. The highest BCUT2D eigenvalue weighted by Crippen LogP contribution is 2.28. The first-order valence-electron chi connectivity index (χ1n) is 8.39. The molecule has 8 heteroatoms. The third kappa shape index (κ3) is 3.52. The first kappa shape index (κ1) is 17.9. The van der Waals surface area contributed by atoms with Gasteiger partial charge in [0.25, 0.3) is 5.89 Å². The van der Waals surface area contributed by atoms with Gasteiger partial charge in [-0.15, -0.1) is 10.2 Å². The van der Waals surface area contributed by atoms with Crippen molar-refractivity contribution in [1.29, 1.82) is 0 Å². The van der Waals surface area contributed by atoms with Crippen molar-refractivity contribution in [3.63, 3.8) is 0 Å². The fraction of sp³-hybridized carbons (Fsp3) is 0.100. The van der Waals surface area contributed by atoms with Crippen LogP contribution < -0.4 is 0 Å². The average molecular weight is 396 g/mol. The first-order valence-corrected chi connectivity index (χ1v) is 8.77. The van der Waals surface area contributed by atoms with Gasteiger partial charge in [0.2, 0.25) is 5.89 Å². The molecule has 0 aliphatic rings. The van der Waals surface area contributed by atoms with Crippen molar-refractivity contribution in [1.82, 2.24) is 15.4 Å². The maximum atomic E-state index is 12.6. The highest BCUT2D eigenvalue weighted by Gasteiger charge is 2.23. The van der Waals surface area contributed by atoms with Crippen molar-refractivity contribution in [3.8, 4) is 22.7 Å². The van der Waals surface area contributed by atoms with Gasteiger partial charge in [0.05, 0.1) is 10.6 Å². The topological polar surface area (TPSA) is 91.2 Å². The summed E-state index contributed by atoms with van der Waals surface area (Å²) in [5, 5.41) is 12.3. The molecule has 0 radical (unpaired) electrons. The summed E-state index contributed by atoms with van der Waals surface area (Å²) < 4.78 is 16.0. The van der Waals surface area contributed by atoms with Crippen LogP contribution in [0, 0.1) is 6.92 Å². The summed E-state index contributed by atoms with van der Waals surface area (Å²) in [6.07, 6.45) is 0. The Morgan fingerprint density at radius 2 is 1.82 bits per heavy atom. The van der Waals surface area contributed by atoms with Crippen LogP contribution in [0.1, 0.15) is 22.0 Å². The Labute approximate surface area is 164 Å². The van der Waals surface area contributed by atoms with Crippen LogP contribution in [0.2, 0.25) is 5.02 Å². The Morgan fingerprint density at radius 3 is 2.61 bits per heavy atom. The summed E-state index contributed by atoms with van der Waals surface area (Å²) in [4.78, 5) is 12.6. The number of carbonyl (C=O) groups is 1. The number of carbonyl (C=O) groups excluding carboxylic acids is 1. The zero-order valence-electron chi connectivity index (χ0n) is 14.8. The predicted molar refractivity (Wildman–Crippen MR) is 101 cm³/mol. The van der Waals surface area contributed by atoms with Gasteiger partial charge in [-0.2, -0.15) is 0 Å². The Kier molecular flexibility index (Phi) is 4.90. The molecule has 4 rings (SSSR count). The quantitative estimate of drug-likeness (QED) is 0.452. The summed E-state index contributed by atoms with van der Waals surface area (Å²) in [7, 11) is 0. The Balaban J connectivity index is 1.51. The first-order chi connectivity index (χ1) is 13.6. The minimum Gasteiger partial charge on any atom is -0.452 e. The molecule has 2 heterocycles. The largest absolute Gasteiger partial charge is 0.452 e. The van der Waals surface area contributed by atoms with Crippen LogP contribution in [-0.4, -0.2) is 21.3 Å². The second-order valence-corrected chi connectivity index (χ2v) is 6.29. The third-order valence-corrected chi connectivity index (χ3v) is 4.34. The van der Waals surface area contributed by atoms with E-state index in [4.69, 9.17) is 25.3 Å². The zero-order valence-corrected chi connectivity index (χ0v) is 15.5. The van der Waals surface area contributed by atoms with E-state index in [9.17, 15) is 4.79 Å². The zero-order chi connectivity index (χ0) is 19.5. The number of hydrogen-bond acceptors (Lipinski definition) is 7. The van der Waals surface area contributed by atoms with Crippen molar-refractivity contribution < 1.29 is 18.5 Å². The van der Waals surface area contributed by atoms with Crippen LogP contribution in [0.25, 0.3) is 22.7 Å². The van der Waals surface area contributed by atoms with E-state index in [1.807, 2.05) is 36.4 Å². The van der Waals surface area contributed by atoms with E-state index in [1.54, 1.807) is 25.1 Å². The second-order valence-electron chi connectivity index (χ2n) is 5.89. The molecule has 0 aliphatic heterocycles. The van der Waals surface area contributed by atoms with E-state index >= 15 is 0 Å². The van der Waals surface area contributed by atoms with Crippen LogP contribution in [0.15, 0.2) is 63.5 Å². The molecule has 7 nitrogen and oxygen atoms in total. The molecule has 2 aromatic heterocycles. The molecule has 0 unspecified atom stereocenters. The van der Waals surface area contributed by atoms with Crippen molar-refractivity contribution in [2.45, 2.75) is 13.5 Å². The average Bonchev–Trinajstić information content (AvgIpc) is 3.34. The van der Waals surface area contributed by atoms with E-state index in [-0.39, 0.29) is 24.0 Å². The van der Waals surface area contributed by atoms with Gasteiger partial charge in [0, 0.05) is 5.56 Å². The van der Waals surface area contributed by atoms with E-state index < -0.39 is 5.97 Å². The minimum absolute atomic E-state index is 0.152. The van der Waals surface area contributed by atoms with Crippen LogP contribution in [0.5, 0.6) is 0 Å². The van der Waals surface area contributed by atoms with Gasteiger partial charge in [-0.25, -0.2) is 4.79 Å². The number of halogens is 1. The standard InChI is InChI=1S/C20H14ClN3O4/c1-12-17(18(24-28-12)13-7-3-2-4-8-13)20(25)26-11-16-22-23-19(27-16)14-9-5-6-10-15(14)21/h2-10H,11H2,1H3. The molecule has 0 aliphatic carbocycles. The van der Waals surface area contributed by atoms with E-state index in [1.165, 1.54) is 0 Å². The molecule has 0 amide bonds. The summed E-state index contributed by atoms with van der Waals surface area (Å²) in [6, 6.07) is 16.3. The van der Waals surface area contributed by atoms with Crippen LogP contribution in [0.3, 0.4) is 0 Å². The Bertz CT molecular complexity index is 1120. The molecule has 0 fully saturated rings. The number of aryl methyl sites for hydroxylation is 1. The minimum atomic E-state index is -0.588. The molecule has 0 spiro atoms. The van der Waals surface area contributed by atoms with Gasteiger partial charge in [-0.05, 0) is 19.1 Å². The van der Waals surface area contributed by atoms with Crippen molar-refractivity contribution in [2.75, 3.05) is 0 Å². The van der Waals surface area contributed by atoms with E-state index in [0.29, 0.717) is 22.0 Å². The van der Waals surface area contributed by atoms with Crippen molar-refractivity contribution >= 4 is 17.6 Å². The number of esters is 1. The Morgan fingerprint density at radius 1 is 1.07 bits per heavy atom. The summed E-state index contributed by atoms with van der Waals surface area (Å²) in [6.45, 7) is 1.47. The highest BCUT2D eigenvalue weighted by molar-refractivity contribution is 6.33. The SMILES string of the molecule is Cc1onc(-c2ccccc2)c1C(=O)OCc1nnc(-c2ccccc2Cl)o1. The number of rotatable bonds is 5.